The molecule has 11 rings (SSSR count). The molecule has 1 aromatic heterocycles. The number of fused-ring (bicyclic) bond motifs is 12. The molecular formula is C50H34N2. The van der Waals surface area contributed by atoms with Gasteiger partial charge in [-0.25, -0.2) is 0 Å². The van der Waals surface area contributed by atoms with Crippen molar-refractivity contribution >= 4 is 44.4 Å². The summed E-state index contributed by atoms with van der Waals surface area (Å²) in [6, 6.07) is 62.6. The topological polar surface area (TPSA) is 8.17 Å². The minimum atomic E-state index is -0.373. The molecule has 1 spiro atoms. The molecule has 8 aromatic rings. The molecule has 0 fully saturated rings. The van der Waals surface area contributed by atoms with Gasteiger partial charge in [0.15, 0.2) is 0 Å². The highest BCUT2D eigenvalue weighted by atomic mass is 15.1. The van der Waals surface area contributed by atoms with Crippen molar-refractivity contribution in [3.8, 4) is 16.8 Å². The molecule has 1 heterocycles. The van der Waals surface area contributed by atoms with Gasteiger partial charge in [0.1, 0.15) is 0 Å². The standard InChI is InChI=1S/C50H34N2/c1-4-16-34(17-5-1)51(36-29-31-49-43(32-36)42-23-12-15-27-48(42)52(49)35-18-6-2-7-19-35)37-28-30-41-40-22-11-14-26-46(40)50(47(41)33-37)44-24-9-3-8-20-38(44)39-21-10-13-25-45(39)50/h1-23,25-33H,24H2. The maximum Gasteiger partial charge on any atom is 0.0692 e. The molecule has 244 valence electrons. The van der Waals surface area contributed by atoms with Gasteiger partial charge >= 0.3 is 0 Å². The van der Waals surface area contributed by atoms with Crippen molar-refractivity contribution in [2.24, 2.45) is 0 Å². The quantitative estimate of drug-likeness (QED) is 0.182. The maximum absolute atomic E-state index is 2.49. The van der Waals surface area contributed by atoms with E-state index in [2.05, 4.69) is 204 Å². The van der Waals surface area contributed by atoms with Crippen LogP contribution in [0.1, 0.15) is 28.7 Å². The first-order valence-electron chi connectivity index (χ1n) is 18.2. The third-order valence-electron chi connectivity index (χ3n) is 11.5. The van der Waals surface area contributed by atoms with Crippen molar-refractivity contribution in [1.82, 2.24) is 4.57 Å². The van der Waals surface area contributed by atoms with E-state index >= 15 is 0 Å². The van der Waals surface area contributed by atoms with Crippen molar-refractivity contribution in [1.29, 1.82) is 0 Å². The van der Waals surface area contributed by atoms with Gasteiger partial charge in [0.2, 0.25) is 0 Å². The smallest absolute Gasteiger partial charge is 0.0692 e. The lowest BCUT2D eigenvalue weighted by Gasteiger charge is -2.34. The SMILES string of the molecule is C1=CCC2=C(C=C1)c1ccccc1C21c2ccccc2-c2ccc(N(c3ccccc3)c3ccc4c(c3)c3ccccc3n4-c3ccccc3)cc21. The van der Waals surface area contributed by atoms with E-state index in [9.17, 15) is 0 Å². The van der Waals surface area contributed by atoms with E-state index in [1.165, 1.54) is 72.0 Å². The van der Waals surface area contributed by atoms with Gasteiger partial charge in [-0.2, -0.15) is 0 Å². The van der Waals surface area contributed by atoms with Crippen LogP contribution >= 0.6 is 0 Å². The van der Waals surface area contributed by atoms with Gasteiger partial charge in [-0.05, 0) is 112 Å². The van der Waals surface area contributed by atoms with Gasteiger partial charge in [-0.15, -0.1) is 0 Å². The Kier molecular flexibility index (Phi) is 6.26. The fourth-order valence-corrected chi connectivity index (χ4v) is 9.44. The Morgan fingerprint density at radius 1 is 0.462 bits per heavy atom. The highest BCUT2D eigenvalue weighted by molar-refractivity contribution is 6.11. The Labute approximate surface area is 303 Å². The molecule has 0 radical (unpaired) electrons. The summed E-state index contributed by atoms with van der Waals surface area (Å²) in [5, 5.41) is 2.48. The van der Waals surface area contributed by atoms with Gasteiger partial charge in [0.05, 0.1) is 16.4 Å². The number of benzene rings is 7. The zero-order valence-corrected chi connectivity index (χ0v) is 28.6. The molecule has 0 saturated carbocycles. The molecule has 0 N–H and O–H groups in total. The van der Waals surface area contributed by atoms with Crippen LogP contribution in [0, 0.1) is 0 Å². The summed E-state index contributed by atoms with van der Waals surface area (Å²) in [5.74, 6) is 0. The second-order valence-corrected chi connectivity index (χ2v) is 14.0. The van der Waals surface area contributed by atoms with E-state index in [1.54, 1.807) is 0 Å². The fourth-order valence-electron chi connectivity index (χ4n) is 9.44. The molecule has 1 atom stereocenters. The van der Waals surface area contributed by atoms with E-state index in [1.807, 2.05) is 0 Å². The van der Waals surface area contributed by atoms with Crippen LogP contribution in [-0.4, -0.2) is 4.57 Å². The predicted octanol–water partition coefficient (Wildman–Crippen LogP) is 12.9. The van der Waals surface area contributed by atoms with Gasteiger partial charge in [0.25, 0.3) is 0 Å². The number of aromatic nitrogens is 1. The fraction of sp³-hybridized carbons (Fsp3) is 0.0400. The molecule has 2 nitrogen and oxygen atoms in total. The largest absolute Gasteiger partial charge is 0.310 e. The molecule has 7 aromatic carbocycles. The van der Waals surface area contributed by atoms with Crippen LogP contribution < -0.4 is 4.90 Å². The van der Waals surface area contributed by atoms with Gasteiger partial charge in [0, 0.05) is 33.5 Å². The number of para-hydroxylation sites is 3. The van der Waals surface area contributed by atoms with Crippen LogP contribution in [0.3, 0.4) is 0 Å². The lowest BCUT2D eigenvalue weighted by molar-refractivity contribution is 0.747. The van der Waals surface area contributed by atoms with E-state index < -0.39 is 0 Å². The van der Waals surface area contributed by atoms with E-state index in [0.717, 1.165) is 23.5 Å². The Morgan fingerprint density at radius 2 is 1.10 bits per heavy atom. The Balaban J connectivity index is 1.17. The first-order valence-corrected chi connectivity index (χ1v) is 18.2. The zero-order chi connectivity index (χ0) is 34.2. The van der Waals surface area contributed by atoms with E-state index in [4.69, 9.17) is 0 Å². The number of hydrogen-bond acceptors (Lipinski definition) is 1. The monoisotopic (exact) mass is 662 g/mol. The summed E-state index contributed by atoms with van der Waals surface area (Å²) >= 11 is 0. The summed E-state index contributed by atoms with van der Waals surface area (Å²) < 4.78 is 2.39. The van der Waals surface area contributed by atoms with Crippen molar-refractivity contribution < 1.29 is 0 Å². The number of hydrogen-bond donors (Lipinski definition) is 0. The summed E-state index contributed by atoms with van der Waals surface area (Å²) in [4.78, 5) is 2.44. The number of allylic oxidation sites excluding steroid dienone is 6. The third-order valence-corrected chi connectivity index (χ3v) is 11.5. The molecular weight excluding hydrogens is 629 g/mol. The predicted molar refractivity (Wildman–Crippen MR) is 217 cm³/mol. The first-order chi connectivity index (χ1) is 25.8. The number of anilines is 3. The average molecular weight is 663 g/mol. The second kappa shape index (κ2) is 11.2. The highest BCUT2D eigenvalue weighted by Gasteiger charge is 2.52. The van der Waals surface area contributed by atoms with Crippen LogP contribution in [0.5, 0.6) is 0 Å². The van der Waals surface area contributed by atoms with Crippen LogP contribution in [0.2, 0.25) is 0 Å². The summed E-state index contributed by atoms with van der Waals surface area (Å²) in [6.45, 7) is 0. The number of nitrogens with zero attached hydrogens (tertiary/aromatic N) is 2. The van der Waals surface area contributed by atoms with E-state index in [0.29, 0.717) is 0 Å². The molecule has 52 heavy (non-hydrogen) atoms. The normalized spacial score (nSPS) is 16.6. The maximum atomic E-state index is 2.49. The minimum Gasteiger partial charge on any atom is -0.310 e. The third kappa shape index (κ3) is 3.95. The Morgan fingerprint density at radius 3 is 1.94 bits per heavy atom. The van der Waals surface area contributed by atoms with Gasteiger partial charge in [-0.1, -0.05) is 133 Å². The molecule has 3 aliphatic carbocycles. The van der Waals surface area contributed by atoms with Crippen molar-refractivity contribution in [2.45, 2.75) is 11.8 Å². The van der Waals surface area contributed by atoms with Crippen LogP contribution in [0.4, 0.5) is 17.1 Å². The molecule has 0 amide bonds. The van der Waals surface area contributed by atoms with Crippen molar-refractivity contribution in [2.75, 3.05) is 4.90 Å². The Hall–Kier alpha value is -6.64. The van der Waals surface area contributed by atoms with Crippen LogP contribution in [0.15, 0.2) is 200 Å². The zero-order valence-electron chi connectivity index (χ0n) is 28.6. The molecule has 1 unspecified atom stereocenters. The molecule has 3 aliphatic rings. The lowest BCUT2D eigenvalue weighted by Crippen LogP contribution is -2.27. The van der Waals surface area contributed by atoms with E-state index in [-0.39, 0.29) is 5.41 Å². The van der Waals surface area contributed by atoms with Gasteiger partial charge < -0.3 is 9.47 Å². The summed E-state index contributed by atoms with van der Waals surface area (Å²) in [7, 11) is 0. The summed E-state index contributed by atoms with van der Waals surface area (Å²) in [5.41, 5.74) is 17.5. The number of rotatable bonds is 4. The minimum absolute atomic E-state index is 0.373. The average Bonchev–Trinajstić information content (AvgIpc) is 3.70. The van der Waals surface area contributed by atoms with Gasteiger partial charge in [-0.3, -0.25) is 0 Å². The van der Waals surface area contributed by atoms with Crippen LogP contribution in [0.25, 0.3) is 44.2 Å². The molecule has 0 bridgehead atoms. The van der Waals surface area contributed by atoms with Crippen molar-refractivity contribution in [3.05, 3.63) is 222 Å². The summed E-state index contributed by atoms with van der Waals surface area (Å²) in [6.07, 6.45) is 9.97. The first kappa shape index (κ1) is 29.1. The Bertz CT molecular complexity index is 2820. The van der Waals surface area contributed by atoms with Crippen molar-refractivity contribution in [3.63, 3.8) is 0 Å². The molecule has 0 aliphatic heterocycles. The second-order valence-electron chi connectivity index (χ2n) is 14.0. The molecule has 2 heteroatoms. The lowest BCUT2D eigenvalue weighted by atomic mass is 9.68. The molecule has 0 saturated heterocycles. The highest BCUT2D eigenvalue weighted by Crippen LogP contribution is 2.63. The van der Waals surface area contributed by atoms with Crippen LogP contribution in [-0.2, 0) is 5.41 Å².